The first-order valence-corrected chi connectivity index (χ1v) is 10.1. The second kappa shape index (κ2) is 15.2. The second-order valence-corrected chi connectivity index (χ2v) is 6.86. The van der Waals surface area contributed by atoms with Crippen LogP contribution in [-0.4, -0.2) is 78.4 Å². The third-order valence-corrected chi connectivity index (χ3v) is 4.38. The van der Waals surface area contributed by atoms with E-state index < -0.39 is 24.0 Å². The number of methoxy groups -OCH3 is 2. The van der Waals surface area contributed by atoms with Crippen molar-refractivity contribution in [2.24, 2.45) is 0 Å². The molecule has 0 amide bonds. The Bertz CT molecular complexity index is 918. The number of hydrogen-bond acceptors (Lipinski definition) is 9. The van der Waals surface area contributed by atoms with E-state index in [-0.39, 0.29) is 13.2 Å². The van der Waals surface area contributed by atoms with Crippen LogP contribution in [0.25, 0.3) is 0 Å². The number of hydrogen-bond donors (Lipinski definition) is 5. The summed E-state index contributed by atoms with van der Waals surface area (Å²) in [5.41, 5.74) is 2.18. The predicted octanol–water partition coefficient (Wildman–Crippen LogP) is 0.702. The molecule has 0 bridgehead atoms. The fourth-order valence-electron chi connectivity index (χ4n) is 2.60. The third-order valence-electron chi connectivity index (χ3n) is 4.38. The molecule has 11 heteroatoms. The lowest BCUT2D eigenvalue weighted by Gasteiger charge is -2.13. The Hall–Kier alpha value is -3.67. The van der Waals surface area contributed by atoms with E-state index in [0.717, 1.165) is 17.5 Å². The molecule has 0 aliphatic heterocycles. The topological polar surface area (TPSA) is 172 Å². The molecule has 11 nitrogen and oxygen atoms in total. The van der Waals surface area contributed by atoms with Gasteiger partial charge in [-0.25, -0.2) is 14.4 Å². The molecule has 186 valence electrons. The summed E-state index contributed by atoms with van der Waals surface area (Å²) in [6, 6.07) is 12.2. The molecule has 0 saturated carbocycles. The molecule has 0 aromatic heterocycles. The van der Waals surface area contributed by atoms with Gasteiger partial charge in [0.1, 0.15) is 12.7 Å². The van der Waals surface area contributed by atoms with E-state index in [9.17, 15) is 9.90 Å². The molecule has 0 radical (unpaired) electrons. The van der Waals surface area contributed by atoms with E-state index in [1.165, 1.54) is 0 Å². The van der Waals surface area contributed by atoms with E-state index in [1.54, 1.807) is 38.5 Å². The molecule has 5 N–H and O–H groups in total. The second-order valence-electron chi connectivity index (χ2n) is 6.86. The number of esters is 1. The number of carboxylic acids is 2. The van der Waals surface area contributed by atoms with Crippen molar-refractivity contribution in [2.75, 3.05) is 33.9 Å². The van der Waals surface area contributed by atoms with Crippen LogP contribution < -0.4 is 14.8 Å². The summed E-state index contributed by atoms with van der Waals surface area (Å²) in [4.78, 5) is 30.1. The van der Waals surface area contributed by atoms with Crippen molar-refractivity contribution in [1.82, 2.24) is 5.32 Å². The Morgan fingerprint density at radius 1 is 0.912 bits per heavy atom. The molecule has 0 aliphatic rings. The number of rotatable bonds is 11. The Kier molecular flexibility index (Phi) is 12.7. The number of aliphatic carboxylic acids is 2. The van der Waals surface area contributed by atoms with E-state index in [4.69, 9.17) is 39.1 Å². The number of carbonyl (C=O) groups excluding carboxylic acids is 1. The van der Waals surface area contributed by atoms with E-state index >= 15 is 0 Å². The zero-order chi connectivity index (χ0) is 25.5. The number of nitrogens with one attached hydrogen (secondary N) is 1. The highest BCUT2D eigenvalue weighted by molar-refractivity contribution is 6.27. The third kappa shape index (κ3) is 10.3. The summed E-state index contributed by atoms with van der Waals surface area (Å²) in [6.07, 6.45) is -0.0459. The van der Waals surface area contributed by atoms with Gasteiger partial charge in [0.25, 0.3) is 0 Å². The molecule has 2 aromatic carbocycles. The normalized spacial score (nSPS) is 10.9. The van der Waals surface area contributed by atoms with Crippen molar-refractivity contribution in [1.29, 1.82) is 0 Å². The monoisotopic (exact) mass is 479 g/mol. The summed E-state index contributed by atoms with van der Waals surface area (Å²) in [5.74, 6) is -2.79. The van der Waals surface area contributed by atoms with Gasteiger partial charge < -0.3 is 40.0 Å². The lowest BCUT2D eigenvalue weighted by molar-refractivity contribution is -0.159. The van der Waals surface area contributed by atoms with E-state index in [0.29, 0.717) is 30.2 Å². The summed E-state index contributed by atoms with van der Waals surface area (Å²) in [5, 5.41) is 36.9. The molecule has 0 saturated heterocycles. The molecule has 0 heterocycles. The van der Waals surface area contributed by atoms with Gasteiger partial charge in [-0.3, -0.25) is 0 Å². The van der Waals surface area contributed by atoms with E-state index in [2.05, 4.69) is 5.32 Å². The molecular formula is C23H29NO10. The van der Waals surface area contributed by atoms with E-state index in [1.807, 2.05) is 18.2 Å². The van der Waals surface area contributed by atoms with Crippen LogP contribution in [0.5, 0.6) is 11.5 Å². The van der Waals surface area contributed by atoms with Gasteiger partial charge in [-0.05, 0) is 48.4 Å². The first-order valence-electron chi connectivity index (χ1n) is 10.1. The fraction of sp³-hybridized carbons (Fsp3) is 0.348. The minimum Gasteiger partial charge on any atom is -0.493 e. The number of carboxylic acid groups (broad SMARTS) is 2. The van der Waals surface area contributed by atoms with Crippen LogP contribution in [0.4, 0.5) is 0 Å². The van der Waals surface area contributed by atoms with Crippen LogP contribution in [0.3, 0.4) is 0 Å². The summed E-state index contributed by atoms with van der Waals surface area (Å²) >= 11 is 0. The maximum atomic E-state index is 11.9. The zero-order valence-electron chi connectivity index (χ0n) is 18.9. The number of aliphatic hydroxyl groups excluding tert-OH is 2. The molecule has 1 unspecified atom stereocenters. The molecule has 0 fully saturated rings. The highest BCUT2D eigenvalue weighted by atomic mass is 16.5. The lowest BCUT2D eigenvalue weighted by atomic mass is 10.1. The minimum atomic E-state index is -1.82. The number of carbonyl (C=O) groups is 3. The van der Waals surface area contributed by atoms with Crippen LogP contribution in [0.15, 0.2) is 42.5 Å². The SMILES string of the molecule is COc1ccc(CCNCC(O)COC(=O)c2ccc(CO)cc2)cc1OC.O=C(O)C(=O)O. The predicted molar refractivity (Wildman–Crippen MR) is 120 cm³/mol. The van der Waals surface area contributed by atoms with Gasteiger partial charge in [-0.2, -0.15) is 0 Å². The van der Waals surface area contributed by atoms with Gasteiger partial charge in [0, 0.05) is 6.54 Å². The Morgan fingerprint density at radius 2 is 1.50 bits per heavy atom. The minimum absolute atomic E-state index is 0.0803. The Balaban J connectivity index is 0.000000852. The molecule has 0 spiro atoms. The van der Waals surface area contributed by atoms with Crippen LogP contribution in [0, 0.1) is 0 Å². The maximum absolute atomic E-state index is 11.9. The molecule has 2 aromatic rings. The van der Waals surface area contributed by atoms with Gasteiger partial charge >= 0.3 is 17.9 Å². The van der Waals surface area contributed by atoms with Crippen molar-refractivity contribution in [3.8, 4) is 11.5 Å². The van der Waals surface area contributed by atoms with Crippen molar-refractivity contribution < 1.29 is 49.0 Å². The molecule has 1 atom stereocenters. The number of aliphatic hydroxyl groups is 2. The van der Waals surface area contributed by atoms with Gasteiger partial charge in [0.05, 0.1) is 26.4 Å². The summed E-state index contributed by atoms with van der Waals surface area (Å²) in [6.45, 7) is 0.792. The molecule has 34 heavy (non-hydrogen) atoms. The average Bonchev–Trinajstić information content (AvgIpc) is 2.85. The summed E-state index contributed by atoms with van der Waals surface area (Å²) in [7, 11) is 3.19. The molecule has 0 aliphatic carbocycles. The Morgan fingerprint density at radius 3 is 2.03 bits per heavy atom. The standard InChI is InChI=1S/C21H27NO6.C2H2O4/c1-26-19-8-5-15(11-20(19)27-2)9-10-22-12-18(24)14-28-21(25)17-6-3-16(13-23)4-7-17;3-1(4)2(5)6/h3-8,11,18,22-24H,9-10,12-14H2,1-2H3;(H,3,4)(H,5,6). The summed E-state index contributed by atoms with van der Waals surface area (Å²) < 4.78 is 15.6. The van der Waals surface area contributed by atoms with Gasteiger partial charge in [-0.15, -0.1) is 0 Å². The first kappa shape index (κ1) is 28.4. The smallest absolute Gasteiger partial charge is 0.414 e. The van der Waals surface area contributed by atoms with Crippen molar-refractivity contribution >= 4 is 17.9 Å². The first-order chi connectivity index (χ1) is 16.2. The highest BCUT2D eigenvalue weighted by Crippen LogP contribution is 2.27. The highest BCUT2D eigenvalue weighted by Gasteiger charge is 2.11. The lowest BCUT2D eigenvalue weighted by Crippen LogP contribution is -2.32. The quantitative estimate of drug-likeness (QED) is 0.174. The zero-order valence-corrected chi connectivity index (χ0v) is 18.9. The van der Waals surface area contributed by atoms with Crippen molar-refractivity contribution in [2.45, 2.75) is 19.1 Å². The average molecular weight is 479 g/mol. The van der Waals surface area contributed by atoms with Crippen LogP contribution in [-0.2, 0) is 27.4 Å². The Labute approximate surface area is 196 Å². The van der Waals surface area contributed by atoms with Crippen molar-refractivity contribution in [3.05, 3.63) is 59.2 Å². The van der Waals surface area contributed by atoms with Gasteiger partial charge in [0.2, 0.25) is 0 Å². The molecular weight excluding hydrogens is 450 g/mol. The fourth-order valence-corrected chi connectivity index (χ4v) is 2.60. The van der Waals surface area contributed by atoms with Crippen LogP contribution >= 0.6 is 0 Å². The maximum Gasteiger partial charge on any atom is 0.414 e. The van der Waals surface area contributed by atoms with Crippen molar-refractivity contribution in [3.63, 3.8) is 0 Å². The number of benzene rings is 2. The van der Waals surface area contributed by atoms with Gasteiger partial charge in [-0.1, -0.05) is 18.2 Å². The largest absolute Gasteiger partial charge is 0.493 e. The number of ether oxygens (including phenoxy) is 3. The van der Waals surface area contributed by atoms with Crippen LogP contribution in [0.2, 0.25) is 0 Å². The van der Waals surface area contributed by atoms with Crippen LogP contribution in [0.1, 0.15) is 21.5 Å². The van der Waals surface area contributed by atoms with Gasteiger partial charge in [0.15, 0.2) is 11.5 Å². The molecule has 2 rings (SSSR count).